The second-order valence-electron chi connectivity index (χ2n) is 7.03. The van der Waals surface area contributed by atoms with E-state index in [1.165, 1.54) is 0 Å². The highest BCUT2D eigenvalue weighted by Gasteiger charge is 2.31. The molecule has 27 heavy (non-hydrogen) atoms. The number of aromatic nitrogens is 2. The van der Waals surface area contributed by atoms with Gasteiger partial charge < -0.3 is 10.2 Å². The Kier molecular flexibility index (Phi) is 6.36. The Labute approximate surface area is 175 Å². The van der Waals surface area contributed by atoms with E-state index in [0.717, 1.165) is 62.1 Å². The molecule has 4 rings (SSSR count). The maximum Gasteiger partial charge on any atom is 0.274 e. The molecule has 1 aromatic heterocycles. The summed E-state index contributed by atoms with van der Waals surface area (Å²) < 4.78 is 1.84. The van der Waals surface area contributed by atoms with E-state index in [4.69, 9.17) is 28.3 Å². The highest BCUT2D eigenvalue weighted by atomic mass is 35.5. The van der Waals surface area contributed by atoms with Crippen LogP contribution in [0, 0.1) is 0 Å². The third-order valence-electron chi connectivity index (χ3n) is 5.45. The van der Waals surface area contributed by atoms with Crippen LogP contribution in [-0.2, 0) is 12.8 Å². The highest BCUT2D eigenvalue weighted by Crippen LogP contribution is 2.32. The van der Waals surface area contributed by atoms with Crippen LogP contribution in [0.4, 0.5) is 0 Å². The zero-order valence-electron chi connectivity index (χ0n) is 15.2. The summed E-state index contributed by atoms with van der Waals surface area (Å²) in [7, 11) is 1.90. The minimum absolute atomic E-state index is 0. The van der Waals surface area contributed by atoms with Gasteiger partial charge in [-0.05, 0) is 63.4 Å². The minimum atomic E-state index is 0. The second kappa shape index (κ2) is 8.39. The molecular weight excluding hydrogens is 407 g/mol. The normalized spacial score (nSPS) is 16.7. The van der Waals surface area contributed by atoms with Gasteiger partial charge in [0.05, 0.1) is 10.7 Å². The van der Waals surface area contributed by atoms with Crippen molar-refractivity contribution in [2.75, 3.05) is 20.1 Å². The molecule has 1 saturated heterocycles. The Morgan fingerprint density at radius 1 is 1.26 bits per heavy atom. The fraction of sp³-hybridized carbons (Fsp3) is 0.474. The van der Waals surface area contributed by atoms with E-state index < -0.39 is 0 Å². The molecule has 0 saturated carbocycles. The molecule has 0 atom stereocenters. The Balaban J connectivity index is 0.00000210. The number of nitrogens with zero attached hydrogens (tertiary/aromatic N) is 3. The van der Waals surface area contributed by atoms with Gasteiger partial charge in [0.15, 0.2) is 5.69 Å². The fourth-order valence-electron chi connectivity index (χ4n) is 3.99. The van der Waals surface area contributed by atoms with Gasteiger partial charge in [-0.1, -0.05) is 23.2 Å². The summed E-state index contributed by atoms with van der Waals surface area (Å²) in [5.41, 5.74) is 3.51. The zero-order chi connectivity index (χ0) is 18.3. The Bertz CT molecular complexity index is 846. The van der Waals surface area contributed by atoms with Crippen LogP contribution < -0.4 is 5.32 Å². The van der Waals surface area contributed by atoms with Crippen LogP contribution in [-0.4, -0.2) is 46.8 Å². The predicted molar refractivity (Wildman–Crippen MR) is 111 cm³/mol. The molecule has 1 N–H and O–H groups in total. The van der Waals surface area contributed by atoms with E-state index in [1.807, 2.05) is 22.7 Å². The number of piperidine rings is 1. The number of benzene rings is 1. The monoisotopic (exact) mass is 428 g/mol. The molecule has 1 amide bonds. The Morgan fingerprint density at radius 2 is 2.00 bits per heavy atom. The molecule has 0 spiro atoms. The van der Waals surface area contributed by atoms with E-state index in [1.54, 1.807) is 12.1 Å². The molecular formula is C19H23Cl3N4O. The molecule has 2 aliphatic rings. The molecule has 1 fully saturated rings. The number of rotatable bonds is 3. The predicted octanol–water partition coefficient (Wildman–Crippen LogP) is 3.91. The first-order valence-electron chi connectivity index (χ1n) is 9.10. The van der Waals surface area contributed by atoms with Gasteiger partial charge in [-0.25, -0.2) is 4.68 Å². The maximum atomic E-state index is 13.2. The quantitative estimate of drug-likeness (QED) is 0.804. The molecule has 0 bridgehead atoms. The van der Waals surface area contributed by atoms with E-state index in [0.29, 0.717) is 15.7 Å². The third-order valence-corrected chi connectivity index (χ3v) is 5.99. The summed E-state index contributed by atoms with van der Waals surface area (Å²) in [5.74, 6) is 0.0129. The van der Waals surface area contributed by atoms with E-state index in [9.17, 15) is 4.79 Å². The van der Waals surface area contributed by atoms with Gasteiger partial charge in [-0.3, -0.25) is 4.79 Å². The maximum absolute atomic E-state index is 13.2. The fourth-order valence-corrected chi connectivity index (χ4v) is 4.48. The van der Waals surface area contributed by atoms with E-state index in [2.05, 4.69) is 5.32 Å². The van der Waals surface area contributed by atoms with Gasteiger partial charge in [0.1, 0.15) is 0 Å². The lowest BCUT2D eigenvalue weighted by Crippen LogP contribution is -2.44. The van der Waals surface area contributed by atoms with Crippen molar-refractivity contribution in [1.29, 1.82) is 0 Å². The molecule has 8 heteroatoms. The molecule has 0 radical (unpaired) electrons. The van der Waals surface area contributed by atoms with Crippen LogP contribution in [0.2, 0.25) is 10.0 Å². The molecule has 1 aromatic carbocycles. The highest BCUT2D eigenvalue weighted by molar-refractivity contribution is 6.35. The van der Waals surface area contributed by atoms with Gasteiger partial charge in [-0.15, -0.1) is 12.4 Å². The van der Waals surface area contributed by atoms with Crippen LogP contribution in [0.25, 0.3) is 5.69 Å². The Hall–Kier alpha value is -1.27. The second-order valence-corrected chi connectivity index (χ2v) is 7.88. The van der Waals surface area contributed by atoms with Crippen LogP contribution in [0.5, 0.6) is 0 Å². The lowest BCUT2D eigenvalue weighted by atomic mass is 10.0. The van der Waals surface area contributed by atoms with Crippen LogP contribution in [0.3, 0.4) is 0 Å². The molecule has 2 aromatic rings. The van der Waals surface area contributed by atoms with Gasteiger partial charge in [0, 0.05) is 29.4 Å². The van der Waals surface area contributed by atoms with E-state index >= 15 is 0 Å². The van der Waals surface area contributed by atoms with Crippen molar-refractivity contribution in [3.8, 4) is 5.69 Å². The van der Waals surface area contributed by atoms with Gasteiger partial charge >= 0.3 is 0 Å². The molecule has 5 nitrogen and oxygen atoms in total. The first-order chi connectivity index (χ1) is 12.6. The number of nitrogens with one attached hydrogen (secondary N) is 1. The van der Waals surface area contributed by atoms with Crippen molar-refractivity contribution in [2.45, 2.75) is 38.1 Å². The first-order valence-corrected chi connectivity index (χ1v) is 9.86. The lowest BCUT2D eigenvalue weighted by molar-refractivity contribution is 0.0695. The topological polar surface area (TPSA) is 50.2 Å². The largest absolute Gasteiger partial charge is 0.337 e. The summed E-state index contributed by atoms with van der Waals surface area (Å²) in [5, 5.41) is 9.16. The number of hydrogen-bond donors (Lipinski definition) is 1. The summed E-state index contributed by atoms with van der Waals surface area (Å²) >= 11 is 12.4. The van der Waals surface area contributed by atoms with Gasteiger partial charge in [-0.2, -0.15) is 5.10 Å². The first kappa shape index (κ1) is 20.5. The molecule has 2 heterocycles. The molecule has 0 unspecified atom stereocenters. The smallest absolute Gasteiger partial charge is 0.274 e. The number of amides is 1. The summed E-state index contributed by atoms with van der Waals surface area (Å²) in [6.45, 7) is 1.91. The summed E-state index contributed by atoms with van der Waals surface area (Å²) in [6.07, 6.45) is 4.80. The summed E-state index contributed by atoms with van der Waals surface area (Å²) in [6, 6.07) is 5.64. The molecule has 146 valence electrons. The van der Waals surface area contributed by atoms with Crippen LogP contribution in [0.15, 0.2) is 18.2 Å². The summed E-state index contributed by atoms with van der Waals surface area (Å²) in [4.78, 5) is 15.0. The number of fused-ring (bicyclic) bond motifs is 1. The van der Waals surface area contributed by atoms with Crippen LogP contribution >= 0.6 is 35.6 Å². The van der Waals surface area contributed by atoms with Crippen molar-refractivity contribution in [3.63, 3.8) is 0 Å². The van der Waals surface area contributed by atoms with Gasteiger partial charge in [0.2, 0.25) is 0 Å². The number of carbonyl (C=O) groups excluding carboxylic acids is 1. The number of carbonyl (C=O) groups is 1. The van der Waals surface area contributed by atoms with Crippen molar-refractivity contribution in [3.05, 3.63) is 45.2 Å². The van der Waals surface area contributed by atoms with E-state index in [-0.39, 0.29) is 24.4 Å². The minimum Gasteiger partial charge on any atom is -0.337 e. The zero-order valence-corrected chi connectivity index (χ0v) is 17.5. The van der Waals surface area contributed by atoms with Crippen molar-refractivity contribution < 1.29 is 4.79 Å². The standard InChI is InChI=1S/C19H22Cl2N4O.ClH/c1-24(13-7-9-22-10-8-13)19(26)18-14-3-2-4-16(14)25(23-18)17-6-5-12(20)11-15(17)21;/h5-6,11,13,22H,2-4,7-10H2,1H3;1H. The molecule has 1 aliphatic carbocycles. The average molecular weight is 430 g/mol. The van der Waals surface area contributed by atoms with Crippen LogP contribution in [0.1, 0.15) is 41.0 Å². The Morgan fingerprint density at radius 3 is 2.70 bits per heavy atom. The van der Waals surface area contributed by atoms with Crippen molar-refractivity contribution in [2.24, 2.45) is 0 Å². The number of hydrogen-bond acceptors (Lipinski definition) is 3. The SMILES string of the molecule is CN(C(=O)c1nn(-c2ccc(Cl)cc2Cl)c2c1CCC2)C1CCNCC1.Cl. The van der Waals surface area contributed by atoms with Crippen molar-refractivity contribution >= 4 is 41.5 Å². The van der Waals surface area contributed by atoms with Crippen molar-refractivity contribution in [1.82, 2.24) is 20.0 Å². The average Bonchev–Trinajstić information content (AvgIpc) is 3.24. The molecule has 1 aliphatic heterocycles. The number of halogens is 3. The lowest BCUT2D eigenvalue weighted by Gasteiger charge is -2.31. The van der Waals surface area contributed by atoms with Gasteiger partial charge in [0.25, 0.3) is 5.91 Å². The third kappa shape index (κ3) is 3.83.